The molecule has 0 aromatic carbocycles. The number of carbonyl (C=O) groups excluding carboxylic acids is 2. The van der Waals surface area contributed by atoms with E-state index in [9.17, 15) is 9.59 Å². The zero-order valence-electron chi connectivity index (χ0n) is 11.9. The van der Waals surface area contributed by atoms with E-state index >= 15 is 0 Å². The molecule has 0 saturated heterocycles. The standard InChI is InChI=1S/C14H20O6/c1-5-9(2)18-14-7-6-12(19-11(4)16)13(20-14)8-17-10(3)15/h5-7,9,12-14H,1,8H2,2-4H3/t9-,12-,13+,14+/m0/s1. The van der Waals surface area contributed by atoms with Gasteiger partial charge in [0.15, 0.2) is 6.29 Å². The Morgan fingerprint density at radius 3 is 2.60 bits per heavy atom. The van der Waals surface area contributed by atoms with Gasteiger partial charge in [-0.2, -0.15) is 0 Å². The third kappa shape index (κ3) is 5.54. The number of carbonyl (C=O) groups is 2. The van der Waals surface area contributed by atoms with Crippen molar-refractivity contribution in [1.82, 2.24) is 0 Å². The van der Waals surface area contributed by atoms with Crippen LogP contribution in [0.5, 0.6) is 0 Å². The summed E-state index contributed by atoms with van der Waals surface area (Å²) < 4.78 is 21.1. The molecule has 0 unspecified atom stereocenters. The lowest BCUT2D eigenvalue weighted by atomic mass is 10.1. The lowest BCUT2D eigenvalue weighted by Gasteiger charge is -2.32. The van der Waals surface area contributed by atoms with Gasteiger partial charge in [-0.25, -0.2) is 0 Å². The van der Waals surface area contributed by atoms with E-state index in [1.54, 1.807) is 18.2 Å². The smallest absolute Gasteiger partial charge is 0.303 e. The number of ether oxygens (including phenoxy) is 4. The Bertz CT molecular complexity index is 389. The van der Waals surface area contributed by atoms with Crippen LogP contribution in [-0.4, -0.2) is 43.1 Å². The van der Waals surface area contributed by atoms with Crippen LogP contribution in [0.4, 0.5) is 0 Å². The van der Waals surface area contributed by atoms with Crippen molar-refractivity contribution < 1.29 is 28.5 Å². The summed E-state index contributed by atoms with van der Waals surface area (Å²) >= 11 is 0. The zero-order valence-corrected chi connectivity index (χ0v) is 11.9. The maximum absolute atomic E-state index is 11.0. The normalized spacial score (nSPS) is 26.6. The molecule has 0 aromatic heterocycles. The van der Waals surface area contributed by atoms with Crippen molar-refractivity contribution in [2.45, 2.75) is 45.4 Å². The highest BCUT2D eigenvalue weighted by molar-refractivity contribution is 5.66. The van der Waals surface area contributed by atoms with Gasteiger partial charge in [0, 0.05) is 13.8 Å². The Morgan fingerprint density at radius 2 is 2.05 bits per heavy atom. The van der Waals surface area contributed by atoms with Gasteiger partial charge in [0.1, 0.15) is 18.8 Å². The van der Waals surface area contributed by atoms with E-state index in [0.29, 0.717) is 0 Å². The molecule has 20 heavy (non-hydrogen) atoms. The fourth-order valence-corrected chi connectivity index (χ4v) is 1.60. The summed E-state index contributed by atoms with van der Waals surface area (Å²) in [7, 11) is 0. The number of hydrogen-bond acceptors (Lipinski definition) is 6. The highest BCUT2D eigenvalue weighted by Crippen LogP contribution is 2.19. The highest BCUT2D eigenvalue weighted by atomic mass is 16.7. The van der Waals surface area contributed by atoms with Gasteiger partial charge in [0.25, 0.3) is 0 Å². The molecule has 0 saturated carbocycles. The highest BCUT2D eigenvalue weighted by Gasteiger charge is 2.31. The van der Waals surface area contributed by atoms with Crippen LogP contribution in [0.3, 0.4) is 0 Å². The molecule has 0 amide bonds. The average molecular weight is 284 g/mol. The van der Waals surface area contributed by atoms with Crippen molar-refractivity contribution in [3.63, 3.8) is 0 Å². The molecule has 0 N–H and O–H groups in total. The van der Waals surface area contributed by atoms with Gasteiger partial charge >= 0.3 is 11.9 Å². The molecule has 0 radical (unpaired) electrons. The topological polar surface area (TPSA) is 71.1 Å². The lowest BCUT2D eigenvalue weighted by Crippen LogP contribution is -2.42. The van der Waals surface area contributed by atoms with Gasteiger partial charge < -0.3 is 18.9 Å². The predicted molar refractivity (Wildman–Crippen MR) is 70.7 cm³/mol. The predicted octanol–water partition coefficient (Wildman–Crippen LogP) is 1.35. The second kappa shape index (κ2) is 7.81. The maximum atomic E-state index is 11.0. The number of hydrogen-bond donors (Lipinski definition) is 0. The number of rotatable bonds is 6. The SMILES string of the molecule is C=C[C@H](C)O[C@H]1C=C[C@H](OC(C)=O)[C@@H](COC(C)=O)O1. The van der Waals surface area contributed by atoms with E-state index in [-0.39, 0.29) is 12.7 Å². The minimum Gasteiger partial charge on any atom is -0.463 e. The van der Waals surface area contributed by atoms with Crippen molar-refractivity contribution in [2.24, 2.45) is 0 Å². The third-order valence-corrected chi connectivity index (χ3v) is 2.57. The average Bonchev–Trinajstić information content (AvgIpc) is 2.37. The molecular formula is C14H20O6. The first-order chi connectivity index (χ1) is 9.42. The van der Waals surface area contributed by atoms with Crippen LogP contribution in [-0.2, 0) is 28.5 Å². The monoisotopic (exact) mass is 284 g/mol. The minimum atomic E-state index is -0.606. The Labute approximate surface area is 118 Å². The van der Waals surface area contributed by atoms with Gasteiger partial charge in [-0.1, -0.05) is 6.08 Å². The summed E-state index contributed by atoms with van der Waals surface area (Å²) in [4.78, 5) is 21.9. The molecule has 112 valence electrons. The summed E-state index contributed by atoms with van der Waals surface area (Å²) in [6.45, 7) is 8.03. The van der Waals surface area contributed by atoms with Gasteiger partial charge in [0.2, 0.25) is 0 Å². The van der Waals surface area contributed by atoms with Crippen LogP contribution in [0, 0.1) is 0 Å². The molecule has 0 bridgehead atoms. The fourth-order valence-electron chi connectivity index (χ4n) is 1.60. The first kappa shape index (κ1) is 16.4. The van der Waals surface area contributed by atoms with Crippen LogP contribution in [0.2, 0.25) is 0 Å². The zero-order chi connectivity index (χ0) is 15.1. The molecule has 0 fully saturated rings. The van der Waals surface area contributed by atoms with E-state index in [4.69, 9.17) is 18.9 Å². The van der Waals surface area contributed by atoms with Crippen LogP contribution < -0.4 is 0 Å². The molecule has 0 aromatic rings. The molecule has 0 aliphatic carbocycles. The summed E-state index contributed by atoms with van der Waals surface area (Å²) in [6.07, 6.45) is 2.95. The van der Waals surface area contributed by atoms with Crippen molar-refractivity contribution >= 4 is 11.9 Å². The Kier molecular flexibility index (Phi) is 6.41. The summed E-state index contributed by atoms with van der Waals surface area (Å²) in [5.74, 6) is -0.864. The second-order valence-electron chi connectivity index (χ2n) is 4.38. The van der Waals surface area contributed by atoms with Crippen LogP contribution in [0.25, 0.3) is 0 Å². The largest absolute Gasteiger partial charge is 0.463 e. The van der Waals surface area contributed by atoms with E-state index in [2.05, 4.69) is 6.58 Å². The molecule has 4 atom stereocenters. The lowest BCUT2D eigenvalue weighted by molar-refractivity contribution is -0.202. The van der Waals surface area contributed by atoms with Crippen LogP contribution in [0.1, 0.15) is 20.8 Å². The van der Waals surface area contributed by atoms with Gasteiger partial charge in [-0.05, 0) is 19.1 Å². The van der Waals surface area contributed by atoms with Gasteiger partial charge in [0.05, 0.1) is 6.10 Å². The molecule has 6 heteroatoms. The Hall–Kier alpha value is -1.66. The second-order valence-corrected chi connectivity index (χ2v) is 4.38. The van der Waals surface area contributed by atoms with Crippen LogP contribution >= 0.6 is 0 Å². The molecule has 6 nitrogen and oxygen atoms in total. The molecule has 1 heterocycles. The third-order valence-electron chi connectivity index (χ3n) is 2.57. The molecule has 0 spiro atoms. The number of esters is 2. The Balaban J connectivity index is 2.68. The minimum absolute atomic E-state index is 0.0139. The van der Waals surface area contributed by atoms with E-state index < -0.39 is 30.4 Å². The molecule has 1 aliphatic heterocycles. The van der Waals surface area contributed by atoms with Gasteiger partial charge in [-0.3, -0.25) is 9.59 Å². The summed E-state index contributed by atoms with van der Waals surface area (Å²) in [5, 5.41) is 0. The van der Waals surface area contributed by atoms with Crippen molar-refractivity contribution in [2.75, 3.05) is 6.61 Å². The fraction of sp³-hybridized carbons (Fsp3) is 0.571. The van der Waals surface area contributed by atoms with E-state index in [1.807, 2.05) is 6.92 Å². The quantitative estimate of drug-likeness (QED) is 0.541. The first-order valence-electron chi connectivity index (χ1n) is 6.34. The van der Waals surface area contributed by atoms with Crippen molar-refractivity contribution in [1.29, 1.82) is 0 Å². The summed E-state index contributed by atoms with van der Waals surface area (Å²) in [6, 6.07) is 0. The maximum Gasteiger partial charge on any atom is 0.303 e. The van der Waals surface area contributed by atoms with E-state index in [0.717, 1.165) is 0 Å². The van der Waals surface area contributed by atoms with Crippen molar-refractivity contribution in [3.8, 4) is 0 Å². The van der Waals surface area contributed by atoms with Gasteiger partial charge in [-0.15, -0.1) is 6.58 Å². The Morgan fingerprint density at radius 1 is 1.35 bits per heavy atom. The summed E-state index contributed by atoms with van der Waals surface area (Å²) in [5.41, 5.74) is 0. The van der Waals surface area contributed by atoms with Crippen molar-refractivity contribution in [3.05, 3.63) is 24.8 Å². The first-order valence-corrected chi connectivity index (χ1v) is 6.34. The molecule has 1 aliphatic rings. The molecule has 1 rings (SSSR count). The molecular weight excluding hydrogens is 264 g/mol. The van der Waals surface area contributed by atoms with Crippen LogP contribution in [0.15, 0.2) is 24.8 Å². The van der Waals surface area contributed by atoms with E-state index in [1.165, 1.54) is 13.8 Å².